The Kier molecular flexibility index (Phi) is 6.31. The summed E-state index contributed by atoms with van der Waals surface area (Å²) < 4.78 is 40.9. The molecule has 0 aliphatic carbocycles. The predicted molar refractivity (Wildman–Crippen MR) is 75.2 cm³/mol. The zero-order valence-electron chi connectivity index (χ0n) is 11.6. The second-order valence-electron chi connectivity index (χ2n) is 4.10. The number of carbonyl (C=O) groups is 2. The summed E-state index contributed by atoms with van der Waals surface area (Å²) >= 11 is 0. The van der Waals surface area contributed by atoms with Crippen LogP contribution in [0.3, 0.4) is 0 Å². The Morgan fingerprint density at radius 2 is 1.64 bits per heavy atom. The van der Waals surface area contributed by atoms with Gasteiger partial charge >= 0.3 is 6.18 Å². The molecule has 0 saturated heterocycles. The number of halogens is 3. The van der Waals surface area contributed by atoms with E-state index in [0.29, 0.717) is 17.6 Å². The Morgan fingerprint density at radius 3 is 2.14 bits per heavy atom. The first-order valence-corrected chi connectivity index (χ1v) is 6.13. The highest BCUT2D eigenvalue weighted by atomic mass is 19.4. The second-order valence-corrected chi connectivity index (χ2v) is 4.10. The Balaban J connectivity index is 0.000000224. The summed E-state index contributed by atoms with van der Waals surface area (Å²) in [6.07, 6.45) is -3.22. The molecule has 0 aliphatic rings. The predicted octanol–water partition coefficient (Wildman–Crippen LogP) is 4.03. The van der Waals surface area contributed by atoms with E-state index in [0.717, 1.165) is 18.4 Å². The Labute approximate surface area is 125 Å². The van der Waals surface area contributed by atoms with Crippen molar-refractivity contribution in [1.29, 1.82) is 0 Å². The first kappa shape index (κ1) is 17.4. The van der Waals surface area contributed by atoms with E-state index in [9.17, 15) is 22.8 Å². The topological polar surface area (TPSA) is 43.4 Å². The maximum Gasteiger partial charge on any atom is 0.416 e. The number of aldehydes is 2. The maximum atomic E-state index is 12.0. The molecule has 0 aromatic heterocycles. The summed E-state index contributed by atoms with van der Waals surface area (Å²) in [5, 5.41) is 0. The molecule has 116 valence electrons. The summed E-state index contributed by atoms with van der Waals surface area (Å²) in [4.78, 5) is 20.4. The number of carbonyl (C=O) groups excluding carboxylic acids is 2. The number of benzene rings is 2. The van der Waals surface area contributed by atoms with Crippen molar-refractivity contribution in [2.24, 2.45) is 0 Å². The van der Waals surface area contributed by atoms with Gasteiger partial charge in [-0.1, -0.05) is 24.3 Å². The van der Waals surface area contributed by atoms with Gasteiger partial charge in [-0.05, 0) is 24.3 Å². The van der Waals surface area contributed by atoms with E-state index in [1.54, 1.807) is 25.3 Å². The normalized spacial score (nSPS) is 10.2. The van der Waals surface area contributed by atoms with E-state index in [4.69, 9.17) is 4.74 Å². The Bertz CT molecular complexity index is 637. The van der Waals surface area contributed by atoms with Gasteiger partial charge in [0.05, 0.1) is 18.2 Å². The molecule has 0 atom stereocenters. The lowest BCUT2D eigenvalue weighted by atomic mass is 10.1. The van der Waals surface area contributed by atoms with Gasteiger partial charge in [-0.25, -0.2) is 0 Å². The van der Waals surface area contributed by atoms with Crippen LogP contribution in [0.15, 0.2) is 48.5 Å². The number of hydrogen-bond donors (Lipinski definition) is 0. The molecule has 0 fully saturated rings. The third-order valence-electron chi connectivity index (χ3n) is 2.62. The first-order valence-electron chi connectivity index (χ1n) is 6.13. The highest BCUT2D eigenvalue weighted by molar-refractivity contribution is 5.79. The summed E-state index contributed by atoms with van der Waals surface area (Å²) in [6.45, 7) is 0. The van der Waals surface area contributed by atoms with E-state index in [1.165, 1.54) is 12.1 Å². The number of methoxy groups -OCH3 is 1. The molecule has 0 aliphatic heterocycles. The fourth-order valence-corrected chi connectivity index (χ4v) is 1.55. The molecule has 2 aromatic rings. The molecule has 0 heterocycles. The zero-order valence-corrected chi connectivity index (χ0v) is 11.6. The van der Waals surface area contributed by atoms with Crippen molar-refractivity contribution in [2.45, 2.75) is 6.18 Å². The van der Waals surface area contributed by atoms with E-state index in [2.05, 4.69) is 0 Å². The van der Waals surface area contributed by atoms with Crippen molar-refractivity contribution in [2.75, 3.05) is 7.11 Å². The number of alkyl halides is 3. The van der Waals surface area contributed by atoms with Crippen LogP contribution in [0.4, 0.5) is 13.2 Å². The van der Waals surface area contributed by atoms with Crippen LogP contribution in [0.5, 0.6) is 5.75 Å². The van der Waals surface area contributed by atoms with Crippen LogP contribution in [0.25, 0.3) is 0 Å². The van der Waals surface area contributed by atoms with Crippen molar-refractivity contribution < 1.29 is 27.5 Å². The summed E-state index contributed by atoms with van der Waals surface area (Å²) in [5.74, 6) is 0.623. The quantitative estimate of drug-likeness (QED) is 0.804. The minimum absolute atomic E-state index is 0.0322. The lowest BCUT2D eigenvalue weighted by Gasteiger charge is -2.05. The van der Waals surface area contributed by atoms with Gasteiger partial charge in [-0.3, -0.25) is 9.59 Å². The van der Waals surface area contributed by atoms with E-state index >= 15 is 0 Å². The average Bonchev–Trinajstić information content (AvgIpc) is 2.54. The summed E-state index contributed by atoms with van der Waals surface area (Å²) in [6, 6.07) is 11.3. The molecule has 2 aromatic carbocycles. The van der Waals surface area contributed by atoms with Gasteiger partial charge in [0.1, 0.15) is 12.0 Å². The van der Waals surface area contributed by atoms with Crippen LogP contribution in [0, 0.1) is 0 Å². The molecule has 0 spiro atoms. The average molecular weight is 310 g/mol. The highest BCUT2D eigenvalue weighted by Gasteiger charge is 2.30. The molecule has 0 bridgehead atoms. The third-order valence-corrected chi connectivity index (χ3v) is 2.62. The summed E-state index contributed by atoms with van der Waals surface area (Å²) in [5.41, 5.74) is -0.179. The molecule has 6 heteroatoms. The molecule has 3 nitrogen and oxygen atoms in total. The summed E-state index contributed by atoms with van der Waals surface area (Å²) in [7, 11) is 1.54. The van der Waals surface area contributed by atoms with Gasteiger partial charge in [-0.2, -0.15) is 13.2 Å². The van der Waals surface area contributed by atoms with Crippen molar-refractivity contribution in [1.82, 2.24) is 0 Å². The minimum Gasteiger partial charge on any atom is -0.496 e. The van der Waals surface area contributed by atoms with E-state index in [-0.39, 0.29) is 5.56 Å². The Hall–Kier alpha value is -2.63. The molecule has 0 saturated carbocycles. The van der Waals surface area contributed by atoms with Crippen LogP contribution in [-0.4, -0.2) is 19.7 Å². The molecule has 0 radical (unpaired) electrons. The monoisotopic (exact) mass is 310 g/mol. The lowest BCUT2D eigenvalue weighted by Crippen LogP contribution is -2.04. The van der Waals surface area contributed by atoms with Crippen LogP contribution in [0.1, 0.15) is 26.3 Å². The molecular formula is C16H13F3O3. The van der Waals surface area contributed by atoms with E-state index in [1.807, 2.05) is 6.07 Å². The molecular weight excluding hydrogens is 297 g/mol. The first-order chi connectivity index (χ1) is 10.4. The second kappa shape index (κ2) is 7.97. The fourth-order valence-electron chi connectivity index (χ4n) is 1.55. The third kappa shape index (κ3) is 5.05. The van der Waals surface area contributed by atoms with Crippen molar-refractivity contribution in [3.05, 3.63) is 65.2 Å². The van der Waals surface area contributed by atoms with Gasteiger partial charge in [0, 0.05) is 5.56 Å². The molecule has 2 rings (SSSR count). The van der Waals surface area contributed by atoms with Crippen molar-refractivity contribution in [3.8, 4) is 5.75 Å². The van der Waals surface area contributed by atoms with Gasteiger partial charge in [0.2, 0.25) is 0 Å². The van der Waals surface area contributed by atoms with Gasteiger partial charge in [0.25, 0.3) is 0 Å². The molecule has 0 amide bonds. The molecule has 22 heavy (non-hydrogen) atoms. The number of rotatable bonds is 3. The smallest absolute Gasteiger partial charge is 0.416 e. The van der Waals surface area contributed by atoms with Crippen LogP contribution < -0.4 is 4.74 Å². The van der Waals surface area contributed by atoms with E-state index < -0.39 is 11.7 Å². The highest BCUT2D eigenvalue weighted by Crippen LogP contribution is 2.29. The fraction of sp³-hybridized carbons (Fsp3) is 0.125. The SMILES string of the molecule is COc1ccccc1C=O.O=Cc1cccc(C(F)(F)F)c1. The standard InChI is InChI=1S/C8H5F3O.C8H8O2/c9-8(10,11)7-3-1-2-6(4-7)5-12;1-10-8-5-3-2-4-7(8)6-9/h1-5H;2-6H,1H3. The molecule has 0 N–H and O–H groups in total. The zero-order chi connectivity index (χ0) is 16.6. The van der Waals surface area contributed by atoms with Crippen LogP contribution >= 0.6 is 0 Å². The number of para-hydroxylation sites is 1. The van der Waals surface area contributed by atoms with Gasteiger partial charge < -0.3 is 4.74 Å². The van der Waals surface area contributed by atoms with Crippen LogP contribution in [-0.2, 0) is 6.18 Å². The minimum atomic E-state index is -4.38. The maximum absolute atomic E-state index is 12.0. The number of hydrogen-bond acceptors (Lipinski definition) is 3. The van der Waals surface area contributed by atoms with Crippen LogP contribution in [0.2, 0.25) is 0 Å². The van der Waals surface area contributed by atoms with Crippen molar-refractivity contribution in [3.63, 3.8) is 0 Å². The van der Waals surface area contributed by atoms with Crippen molar-refractivity contribution >= 4 is 12.6 Å². The van der Waals surface area contributed by atoms with Gasteiger partial charge in [-0.15, -0.1) is 0 Å². The largest absolute Gasteiger partial charge is 0.496 e. The van der Waals surface area contributed by atoms with Gasteiger partial charge in [0.15, 0.2) is 6.29 Å². The Morgan fingerprint density at radius 1 is 0.955 bits per heavy atom. The molecule has 0 unspecified atom stereocenters. The lowest BCUT2D eigenvalue weighted by molar-refractivity contribution is -0.137. The number of ether oxygens (including phenoxy) is 1.